The maximum absolute atomic E-state index is 11.8. The van der Waals surface area contributed by atoms with E-state index in [1.165, 1.54) is 29.1 Å². The van der Waals surface area contributed by atoms with Crippen molar-refractivity contribution in [3.05, 3.63) is 58.0 Å². The van der Waals surface area contributed by atoms with E-state index in [1.54, 1.807) is 32.9 Å². The molecule has 0 radical (unpaired) electrons. The second-order valence-electron chi connectivity index (χ2n) is 7.27. The van der Waals surface area contributed by atoms with Gasteiger partial charge < -0.3 is 19.9 Å². The van der Waals surface area contributed by atoms with Gasteiger partial charge in [0.25, 0.3) is 5.56 Å². The zero-order chi connectivity index (χ0) is 21.4. The van der Waals surface area contributed by atoms with Crippen LogP contribution in [0.3, 0.4) is 0 Å². The number of hydrogen-bond donors (Lipinski definition) is 2. The van der Waals surface area contributed by atoms with Crippen LogP contribution in [0.1, 0.15) is 43.1 Å². The molecule has 158 valence electrons. The normalized spacial score (nSPS) is 10.6. The number of carboxylic acids is 1. The summed E-state index contributed by atoms with van der Waals surface area (Å²) in [4.78, 5) is 34.9. The van der Waals surface area contributed by atoms with E-state index in [0.29, 0.717) is 24.3 Å². The van der Waals surface area contributed by atoms with Crippen molar-refractivity contribution >= 4 is 30.9 Å². The first kappa shape index (κ1) is 25.3. The molecule has 0 bridgehead atoms. The molecule has 0 unspecified atom stereocenters. The fraction of sp³-hybridized carbons (Fsp3) is 0.400. The molecule has 1 heterocycles. The Morgan fingerprint density at radius 3 is 2.60 bits per heavy atom. The van der Waals surface area contributed by atoms with E-state index in [4.69, 9.17) is 9.47 Å². The number of alkyl carbamates (subject to hydrolysis) is 1. The summed E-state index contributed by atoms with van der Waals surface area (Å²) in [5.74, 6) is -0.738. The van der Waals surface area contributed by atoms with Crippen molar-refractivity contribution in [3.63, 3.8) is 0 Å². The number of amides is 1. The fourth-order valence-corrected chi connectivity index (χ4v) is 2.42. The van der Waals surface area contributed by atoms with Crippen LogP contribution < -0.4 is 15.6 Å². The molecule has 0 saturated heterocycles. The summed E-state index contributed by atoms with van der Waals surface area (Å²) in [7, 11) is 0. The number of aromatic carboxylic acids is 1. The first-order chi connectivity index (χ1) is 13.7. The number of carboxylic acid groups (broad SMARTS) is 1. The van der Waals surface area contributed by atoms with Crippen LogP contribution in [-0.2, 0) is 11.3 Å². The van der Waals surface area contributed by atoms with E-state index >= 15 is 0 Å². The summed E-state index contributed by atoms with van der Waals surface area (Å²) < 4.78 is 11.9. The van der Waals surface area contributed by atoms with Crippen LogP contribution in [0.2, 0.25) is 0 Å². The Labute approximate surface area is 186 Å². The van der Waals surface area contributed by atoms with Crippen LogP contribution in [-0.4, -0.2) is 64.6 Å². The number of nitrogens with zero attached hydrogens (tertiary/aromatic N) is 2. The molecule has 0 saturated carbocycles. The number of hydrogen-bond acceptors (Lipinski definition) is 6. The predicted molar refractivity (Wildman–Crippen MR) is 112 cm³/mol. The number of carbonyl (C=O) groups is 2. The van der Waals surface area contributed by atoms with Gasteiger partial charge in [-0.1, -0.05) is 6.07 Å². The summed E-state index contributed by atoms with van der Waals surface area (Å²) in [6.45, 7) is 6.04. The van der Waals surface area contributed by atoms with Crippen LogP contribution >= 0.6 is 0 Å². The molecule has 1 amide bonds. The molecule has 0 fully saturated rings. The molecule has 9 nitrogen and oxygen atoms in total. The van der Waals surface area contributed by atoms with Crippen LogP contribution in [0.25, 0.3) is 0 Å². The fourth-order valence-electron chi connectivity index (χ4n) is 2.42. The topological polar surface area (TPSA) is 120 Å². The van der Waals surface area contributed by atoms with Gasteiger partial charge in [-0.2, -0.15) is 5.10 Å². The molecule has 1 aromatic carbocycles. The number of carbonyl (C=O) groups excluding carboxylic acids is 1. The predicted octanol–water partition coefficient (Wildman–Crippen LogP) is 1.63. The number of rotatable bonds is 8. The summed E-state index contributed by atoms with van der Waals surface area (Å²) in [6.07, 6.45) is 1.48. The molecule has 2 aromatic rings. The van der Waals surface area contributed by atoms with Gasteiger partial charge in [0.15, 0.2) is 0 Å². The van der Waals surface area contributed by atoms with Crippen molar-refractivity contribution in [2.24, 2.45) is 0 Å². The minimum atomic E-state index is -1.12. The van der Waals surface area contributed by atoms with E-state index in [1.807, 2.05) is 0 Å². The van der Waals surface area contributed by atoms with Crippen molar-refractivity contribution in [1.29, 1.82) is 0 Å². The van der Waals surface area contributed by atoms with E-state index in [-0.39, 0.29) is 43.1 Å². The van der Waals surface area contributed by atoms with Gasteiger partial charge in [-0.25, -0.2) is 14.3 Å². The molecule has 0 spiro atoms. The van der Waals surface area contributed by atoms with Gasteiger partial charge in [-0.05, 0) is 51.0 Å². The zero-order valence-electron chi connectivity index (χ0n) is 16.7. The maximum atomic E-state index is 11.8. The second kappa shape index (κ2) is 11.4. The monoisotopic (exact) mass is 411 g/mol. The van der Waals surface area contributed by atoms with Crippen molar-refractivity contribution in [2.75, 3.05) is 13.2 Å². The molecular formula is C20H26LiN3O6. The van der Waals surface area contributed by atoms with E-state index in [0.717, 1.165) is 0 Å². The Hall–Kier alpha value is -2.76. The number of benzene rings is 1. The molecule has 2 rings (SSSR count). The van der Waals surface area contributed by atoms with Crippen molar-refractivity contribution in [2.45, 2.75) is 39.3 Å². The van der Waals surface area contributed by atoms with Gasteiger partial charge in [0.2, 0.25) is 0 Å². The first-order valence-corrected chi connectivity index (χ1v) is 9.14. The Morgan fingerprint density at radius 1 is 1.23 bits per heavy atom. The van der Waals surface area contributed by atoms with E-state index in [2.05, 4.69) is 10.4 Å². The van der Waals surface area contributed by atoms with Gasteiger partial charge in [0.05, 0.1) is 18.7 Å². The molecule has 0 aliphatic rings. The van der Waals surface area contributed by atoms with Gasteiger partial charge in [0, 0.05) is 18.8 Å². The first-order valence-electron chi connectivity index (χ1n) is 9.14. The summed E-state index contributed by atoms with van der Waals surface area (Å²) >= 11 is 0. The molecule has 10 heteroatoms. The summed E-state index contributed by atoms with van der Waals surface area (Å²) in [5, 5.41) is 16.0. The van der Waals surface area contributed by atoms with Gasteiger partial charge >= 0.3 is 30.9 Å². The third kappa shape index (κ3) is 8.31. The SMILES string of the molecule is CC(C)(C)OC(=O)NCCCOc1ccc(Cn2ncccc2=O)c(C(=O)O)c1.[LiH]. The van der Waals surface area contributed by atoms with Crippen molar-refractivity contribution in [1.82, 2.24) is 15.1 Å². The van der Waals surface area contributed by atoms with Crippen LogP contribution in [0.4, 0.5) is 4.79 Å². The standard InChI is InChI=1S/C20H25N3O6.Li.H/c1-20(2,3)29-19(27)21-9-5-11-28-15-8-7-14(16(12-15)18(25)26)13-23-17(24)6-4-10-22-23;;/h4,6-8,10,12H,5,9,11,13H2,1-3H3,(H,21,27)(H,25,26);;. The number of aromatic nitrogens is 2. The molecule has 0 aliphatic heterocycles. The Morgan fingerprint density at radius 2 is 1.97 bits per heavy atom. The number of nitrogens with one attached hydrogen (secondary N) is 1. The Bertz CT molecular complexity index is 923. The third-order valence-corrected chi connectivity index (χ3v) is 3.68. The molecule has 0 atom stereocenters. The third-order valence-electron chi connectivity index (χ3n) is 3.68. The summed E-state index contributed by atoms with van der Waals surface area (Å²) in [6, 6.07) is 7.52. The average molecular weight is 411 g/mol. The van der Waals surface area contributed by atoms with Gasteiger partial charge in [0.1, 0.15) is 11.4 Å². The Balaban J connectivity index is 0.00000450. The van der Waals surface area contributed by atoms with Crippen LogP contribution in [0.5, 0.6) is 5.75 Å². The summed E-state index contributed by atoms with van der Waals surface area (Å²) in [5.41, 5.74) is -0.401. The zero-order valence-corrected chi connectivity index (χ0v) is 16.7. The quantitative estimate of drug-likeness (QED) is 0.500. The van der Waals surface area contributed by atoms with Crippen molar-refractivity contribution in [3.8, 4) is 5.75 Å². The van der Waals surface area contributed by atoms with Crippen LogP contribution in [0.15, 0.2) is 41.3 Å². The second-order valence-corrected chi connectivity index (χ2v) is 7.27. The molecule has 30 heavy (non-hydrogen) atoms. The Kier molecular flexibility index (Phi) is 9.63. The molecule has 2 N–H and O–H groups in total. The number of ether oxygens (including phenoxy) is 2. The minimum absolute atomic E-state index is 0. The molecular weight excluding hydrogens is 385 g/mol. The average Bonchev–Trinajstić information content (AvgIpc) is 2.62. The molecule has 0 aliphatic carbocycles. The van der Waals surface area contributed by atoms with Crippen LogP contribution in [0, 0.1) is 0 Å². The van der Waals surface area contributed by atoms with Gasteiger partial charge in [-0.15, -0.1) is 0 Å². The molecule has 1 aromatic heterocycles. The van der Waals surface area contributed by atoms with E-state index < -0.39 is 17.7 Å². The van der Waals surface area contributed by atoms with Crippen molar-refractivity contribution < 1.29 is 24.2 Å². The van der Waals surface area contributed by atoms with Gasteiger partial charge in [-0.3, -0.25) is 4.79 Å². The van der Waals surface area contributed by atoms with E-state index in [9.17, 15) is 19.5 Å².